The van der Waals surface area contributed by atoms with E-state index in [4.69, 9.17) is 4.74 Å². The minimum absolute atomic E-state index is 0.0175. The van der Waals surface area contributed by atoms with E-state index in [0.717, 1.165) is 12.2 Å². The highest BCUT2D eigenvalue weighted by molar-refractivity contribution is 5.78. The zero-order valence-electron chi connectivity index (χ0n) is 12.7. The number of amides is 1. The van der Waals surface area contributed by atoms with Crippen molar-refractivity contribution in [1.29, 1.82) is 0 Å². The lowest BCUT2D eigenvalue weighted by molar-refractivity contribution is -0.121. The van der Waals surface area contributed by atoms with Gasteiger partial charge in [-0.3, -0.25) is 4.79 Å². The van der Waals surface area contributed by atoms with E-state index in [-0.39, 0.29) is 17.6 Å². The highest BCUT2D eigenvalue weighted by Gasteiger charge is 2.22. The van der Waals surface area contributed by atoms with E-state index in [1.54, 1.807) is 0 Å². The SMILES string of the molecule is Cc1ccc2c(c1)CC(CNCC(=O)NC(C)(C)C)O2. The van der Waals surface area contributed by atoms with E-state index in [0.29, 0.717) is 13.1 Å². The fourth-order valence-electron chi connectivity index (χ4n) is 2.37. The third-order valence-electron chi connectivity index (χ3n) is 3.13. The second-order valence-corrected chi connectivity index (χ2v) is 6.48. The Morgan fingerprint density at radius 2 is 2.15 bits per heavy atom. The van der Waals surface area contributed by atoms with Gasteiger partial charge in [-0.1, -0.05) is 17.7 Å². The molecule has 0 saturated carbocycles. The molecule has 1 aliphatic rings. The predicted molar refractivity (Wildman–Crippen MR) is 80.1 cm³/mol. The molecule has 0 fully saturated rings. The van der Waals surface area contributed by atoms with Crippen molar-refractivity contribution in [3.8, 4) is 5.75 Å². The molecule has 0 saturated heterocycles. The summed E-state index contributed by atoms with van der Waals surface area (Å²) in [6.07, 6.45) is 1.03. The lowest BCUT2D eigenvalue weighted by Gasteiger charge is -2.21. The smallest absolute Gasteiger partial charge is 0.234 e. The molecule has 20 heavy (non-hydrogen) atoms. The standard InChI is InChI=1S/C16H24N2O2/c1-11-5-6-14-12(7-11)8-13(20-14)9-17-10-15(19)18-16(2,3)4/h5-7,13,17H,8-10H2,1-4H3,(H,18,19). The van der Waals surface area contributed by atoms with Crippen LogP contribution >= 0.6 is 0 Å². The Hall–Kier alpha value is -1.55. The Labute approximate surface area is 120 Å². The minimum Gasteiger partial charge on any atom is -0.488 e. The van der Waals surface area contributed by atoms with E-state index in [9.17, 15) is 4.79 Å². The summed E-state index contributed by atoms with van der Waals surface area (Å²) in [6.45, 7) is 9.03. The Morgan fingerprint density at radius 1 is 1.40 bits per heavy atom. The number of benzene rings is 1. The molecule has 110 valence electrons. The maximum absolute atomic E-state index is 11.7. The number of nitrogens with one attached hydrogen (secondary N) is 2. The molecule has 0 bridgehead atoms. The average molecular weight is 276 g/mol. The number of rotatable bonds is 4. The predicted octanol–water partition coefficient (Wildman–Crippen LogP) is 1.80. The summed E-state index contributed by atoms with van der Waals surface area (Å²) in [7, 11) is 0. The van der Waals surface area contributed by atoms with Crippen molar-refractivity contribution in [3.63, 3.8) is 0 Å². The molecule has 1 aliphatic heterocycles. The first kappa shape index (κ1) is 14.9. The van der Waals surface area contributed by atoms with Gasteiger partial charge >= 0.3 is 0 Å². The fourth-order valence-corrected chi connectivity index (χ4v) is 2.37. The molecular formula is C16H24N2O2. The topological polar surface area (TPSA) is 50.4 Å². The molecule has 0 aliphatic carbocycles. The van der Waals surface area contributed by atoms with Gasteiger partial charge in [-0.15, -0.1) is 0 Å². The average Bonchev–Trinajstić information content (AvgIpc) is 2.68. The fraction of sp³-hybridized carbons (Fsp3) is 0.562. The highest BCUT2D eigenvalue weighted by Crippen LogP contribution is 2.29. The van der Waals surface area contributed by atoms with Gasteiger partial charge in [0, 0.05) is 18.5 Å². The summed E-state index contributed by atoms with van der Waals surface area (Å²) in [5.74, 6) is 0.991. The van der Waals surface area contributed by atoms with Crippen LogP contribution in [-0.4, -0.2) is 30.6 Å². The molecule has 0 aromatic heterocycles. The van der Waals surface area contributed by atoms with Crippen molar-refractivity contribution in [1.82, 2.24) is 10.6 Å². The highest BCUT2D eigenvalue weighted by atomic mass is 16.5. The van der Waals surface area contributed by atoms with Crippen LogP contribution in [0.5, 0.6) is 5.75 Å². The van der Waals surface area contributed by atoms with Gasteiger partial charge in [0.1, 0.15) is 11.9 Å². The maximum atomic E-state index is 11.7. The third kappa shape index (κ3) is 4.23. The normalized spacial score (nSPS) is 17.5. The number of aryl methyl sites for hydroxylation is 1. The zero-order chi connectivity index (χ0) is 14.8. The summed E-state index contributed by atoms with van der Waals surface area (Å²) in [4.78, 5) is 11.7. The van der Waals surface area contributed by atoms with E-state index >= 15 is 0 Å². The van der Waals surface area contributed by atoms with E-state index in [2.05, 4.69) is 29.7 Å². The van der Waals surface area contributed by atoms with Crippen molar-refractivity contribution in [2.24, 2.45) is 0 Å². The lowest BCUT2D eigenvalue weighted by atomic mass is 10.1. The van der Waals surface area contributed by atoms with Gasteiger partial charge in [-0.05, 0) is 39.3 Å². The first-order valence-electron chi connectivity index (χ1n) is 7.11. The van der Waals surface area contributed by atoms with Crippen LogP contribution < -0.4 is 15.4 Å². The number of ether oxygens (including phenoxy) is 1. The summed E-state index contributed by atoms with van der Waals surface area (Å²) in [5.41, 5.74) is 2.33. The lowest BCUT2D eigenvalue weighted by Crippen LogP contribution is -2.46. The Balaban J connectivity index is 1.74. The summed E-state index contributed by atoms with van der Waals surface area (Å²) in [5, 5.41) is 6.09. The van der Waals surface area contributed by atoms with Crippen LogP contribution in [-0.2, 0) is 11.2 Å². The molecule has 1 amide bonds. The monoisotopic (exact) mass is 276 g/mol. The van der Waals surface area contributed by atoms with Gasteiger partial charge in [0.15, 0.2) is 0 Å². The number of carbonyl (C=O) groups excluding carboxylic acids is 1. The molecule has 1 heterocycles. The first-order chi connectivity index (χ1) is 9.33. The Morgan fingerprint density at radius 3 is 2.85 bits per heavy atom. The summed E-state index contributed by atoms with van der Waals surface area (Å²) >= 11 is 0. The molecule has 0 spiro atoms. The van der Waals surface area contributed by atoms with Crippen LogP contribution in [0, 0.1) is 6.92 Å². The Bertz CT molecular complexity index is 492. The molecule has 2 N–H and O–H groups in total. The number of hydrogen-bond donors (Lipinski definition) is 2. The van der Waals surface area contributed by atoms with Crippen LogP contribution in [0.4, 0.5) is 0 Å². The van der Waals surface area contributed by atoms with Gasteiger partial charge in [0.25, 0.3) is 0 Å². The minimum atomic E-state index is -0.184. The maximum Gasteiger partial charge on any atom is 0.234 e. The van der Waals surface area contributed by atoms with E-state index in [1.807, 2.05) is 26.8 Å². The van der Waals surface area contributed by atoms with E-state index < -0.39 is 0 Å². The van der Waals surface area contributed by atoms with Gasteiger partial charge in [-0.25, -0.2) is 0 Å². The van der Waals surface area contributed by atoms with Crippen LogP contribution in [0.15, 0.2) is 18.2 Å². The second kappa shape index (κ2) is 5.83. The zero-order valence-corrected chi connectivity index (χ0v) is 12.7. The van der Waals surface area contributed by atoms with Gasteiger partial charge in [-0.2, -0.15) is 0 Å². The molecular weight excluding hydrogens is 252 g/mol. The van der Waals surface area contributed by atoms with Crippen LogP contribution in [0.2, 0.25) is 0 Å². The van der Waals surface area contributed by atoms with Crippen molar-refractivity contribution in [3.05, 3.63) is 29.3 Å². The molecule has 4 heteroatoms. The van der Waals surface area contributed by atoms with Crippen LogP contribution in [0.25, 0.3) is 0 Å². The third-order valence-corrected chi connectivity index (χ3v) is 3.13. The van der Waals surface area contributed by atoms with Gasteiger partial charge in [0.2, 0.25) is 5.91 Å². The van der Waals surface area contributed by atoms with Gasteiger partial charge in [0.05, 0.1) is 6.54 Å². The quantitative estimate of drug-likeness (QED) is 0.881. The number of hydrogen-bond acceptors (Lipinski definition) is 3. The second-order valence-electron chi connectivity index (χ2n) is 6.48. The van der Waals surface area contributed by atoms with Crippen molar-refractivity contribution >= 4 is 5.91 Å². The van der Waals surface area contributed by atoms with Crippen molar-refractivity contribution in [2.45, 2.75) is 45.8 Å². The summed E-state index contributed by atoms with van der Waals surface area (Å²) in [6, 6.07) is 6.25. The molecule has 2 rings (SSSR count). The number of fused-ring (bicyclic) bond motifs is 1. The summed E-state index contributed by atoms with van der Waals surface area (Å²) < 4.78 is 5.85. The van der Waals surface area contributed by atoms with Crippen LogP contribution in [0.3, 0.4) is 0 Å². The largest absolute Gasteiger partial charge is 0.488 e. The number of carbonyl (C=O) groups is 1. The molecule has 4 nitrogen and oxygen atoms in total. The first-order valence-corrected chi connectivity index (χ1v) is 7.11. The van der Waals surface area contributed by atoms with Crippen molar-refractivity contribution < 1.29 is 9.53 Å². The molecule has 1 aromatic rings. The van der Waals surface area contributed by atoms with Crippen LogP contribution in [0.1, 0.15) is 31.9 Å². The molecule has 1 unspecified atom stereocenters. The Kier molecular flexibility index (Phi) is 4.33. The van der Waals surface area contributed by atoms with Gasteiger partial charge < -0.3 is 15.4 Å². The van der Waals surface area contributed by atoms with E-state index in [1.165, 1.54) is 11.1 Å². The molecule has 0 radical (unpaired) electrons. The molecule has 1 atom stereocenters. The molecule has 1 aromatic carbocycles. The van der Waals surface area contributed by atoms with Crippen molar-refractivity contribution in [2.75, 3.05) is 13.1 Å².